The maximum Gasteiger partial charge on any atom is 1.00 e. The predicted octanol–water partition coefficient (Wildman–Crippen LogP) is -5.21. The Kier molecular flexibility index (Phi) is 5.69. The number of aromatic carboxylic acids is 1. The number of aromatic amines is 2. The van der Waals surface area contributed by atoms with E-state index in [0.717, 1.165) is 13.8 Å². The molecule has 0 aromatic carbocycles. The van der Waals surface area contributed by atoms with Crippen molar-refractivity contribution in [2.24, 2.45) is 0 Å². The van der Waals surface area contributed by atoms with Crippen molar-refractivity contribution in [1.29, 1.82) is 0 Å². The van der Waals surface area contributed by atoms with Gasteiger partial charge in [0, 0.05) is 0 Å². The first-order valence-corrected chi connectivity index (χ1v) is 4.49. The van der Waals surface area contributed by atoms with Crippen LogP contribution in [0.15, 0.2) is 9.59 Å². The maximum absolute atomic E-state index is 11.5. The second-order valence-electron chi connectivity index (χ2n) is 3.88. The quantitative estimate of drug-likeness (QED) is 0.472. The van der Waals surface area contributed by atoms with Crippen LogP contribution >= 0.6 is 0 Å². The van der Waals surface area contributed by atoms with Gasteiger partial charge in [0.15, 0.2) is 0 Å². The molecule has 8 nitrogen and oxygen atoms in total. The van der Waals surface area contributed by atoms with E-state index in [1.165, 1.54) is 0 Å². The number of hydrogen-bond donors (Lipinski definition) is 3. The zero-order valence-corrected chi connectivity index (χ0v) is 13.1. The third kappa shape index (κ3) is 3.17. The molecule has 0 bridgehead atoms. The van der Waals surface area contributed by atoms with Gasteiger partial charge in [-0.1, -0.05) is 0 Å². The molecule has 1 rings (SSSR count). The Morgan fingerprint density at radius 2 is 1.72 bits per heavy atom. The van der Waals surface area contributed by atoms with Crippen molar-refractivity contribution in [2.45, 2.75) is 19.3 Å². The van der Waals surface area contributed by atoms with Gasteiger partial charge in [-0.15, -0.1) is 0 Å². The molecule has 0 saturated heterocycles. The van der Waals surface area contributed by atoms with Crippen LogP contribution in [0.3, 0.4) is 0 Å². The molecule has 0 aliphatic heterocycles. The molecular weight excluding hydrogens is 271 g/mol. The fourth-order valence-electron chi connectivity index (χ4n) is 1.34. The molecule has 0 saturated carbocycles. The van der Waals surface area contributed by atoms with Crippen LogP contribution in [0.2, 0.25) is 0 Å². The number of aromatic nitrogens is 2. The minimum absolute atomic E-state index is 0. The van der Waals surface area contributed by atoms with E-state index in [0.29, 0.717) is 0 Å². The second-order valence-corrected chi connectivity index (χ2v) is 3.88. The summed E-state index contributed by atoms with van der Waals surface area (Å²) >= 11 is 0. The average molecular weight is 280 g/mol. The van der Waals surface area contributed by atoms with Gasteiger partial charge in [0.1, 0.15) is 0 Å². The van der Waals surface area contributed by atoms with Gasteiger partial charge in [-0.05, 0) is 13.8 Å². The summed E-state index contributed by atoms with van der Waals surface area (Å²) in [5.41, 5.74) is -5.28. The van der Waals surface area contributed by atoms with Crippen LogP contribution in [0, 0.1) is 0 Å². The molecule has 9 heteroatoms. The third-order valence-electron chi connectivity index (χ3n) is 2.31. The smallest absolute Gasteiger partial charge is 0.543 e. The fraction of sp³-hybridized carbons (Fsp3) is 0.333. The number of aliphatic carboxylic acids is 1. The Bertz CT molecular complexity index is 600. The number of carboxylic acids is 2. The van der Waals surface area contributed by atoms with Crippen molar-refractivity contribution < 1.29 is 71.2 Å². The van der Waals surface area contributed by atoms with Crippen molar-refractivity contribution in [3.8, 4) is 0 Å². The number of nitrogens with one attached hydrogen (secondary N) is 2. The van der Waals surface area contributed by atoms with E-state index in [4.69, 9.17) is 5.11 Å². The Labute approximate surface area is 143 Å². The Hall–Kier alpha value is -0.744. The molecule has 1 aromatic heterocycles. The molecule has 0 unspecified atom stereocenters. The Balaban J connectivity index is 0.00000289. The van der Waals surface area contributed by atoms with Gasteiger partial charge in [-0.2, -0.15) is 0 Å². The van der Waals surface area contributed by atoms with Gasteiger partial charge in [0.2, 0.25) is 0 Å². The molecule has 92 valence electrons. The van der Waals surface area contributed by atoms with Crippen LogP contribution < -0.4 is 67.7 Å². The van der Waals surface area contributed by atoms with Crippen molar-refractivity contribution in [3.05, 3.63) is 32.1 Å². The number of carboxylic acid groups (broad SMARTS) is 2. The summed E-state index contributed by atoms with van der Waals surface area (Å²) in [5.74, 6) is -3.23. The number of hydrogen-bond acceptors (Lipinski definition) is 5. The van der Waals surface area contributed by atoms with Crippen molar-refractivity contribution in [2.75, 3.05) is 0 Å². The van der Waals surface area contributed by atoms with Crippen molar-refractivity contribution in [1.82, 2.24) is 9.97 Å². The molecule has 0 fully saturated rings. The van der Waals surface area contributed by atoms with Crippen LogP contribution in [0.4, 0.5) is 0 Å². The van der Waals surface area contributed by atoms with Gasteiger partial charge in [0.05, 0.1) is 22.6 Å². The van der Waals surface area contributed by atoms with Crippen LogP contribution in [-0.4, -0.2) is 27.0 Å². The maximum atomic E-state index is 11.5. The average Bonchev–Trinajstić information content (AvgIpc) is 2.15. The zero-order chi connectivity index (χ0) is 13.4. The Morgan fingerprint density at radius 1 is 1.22 bits per heavy atom. The van der Waals surface area contributed by atoms with Crippen LogP contribution in [0.5, 0.6) is 0 Å². The van der Waals surface area contributed by atoms with Gasteiger partial charge in [0.25, 0.3) is 5.56 Å². The molecule has 0 radical (unpaired) electrons. The topological polar surface area (TPSA) is 143 Å². The van der Waals surface area contributed by atoms with E-state index in [9.17, 15) is 24.3 Å². The third-order valence-corrected chi connectivity index (χ3v) is 2.31. The summed E-state index contributed by atoms with van der Waals surface area (Å²) in [6.45, 7) is 2.29. The molecule has 3 N–H and O–H groups in total. The molecule has 18 heavy (non-hydrogen) atoms. The molecule has 0 amide bonds. The van der Waals surface area contributed by atoms with E-state index in [-0.39, 0.29) is 51.4 Å². The van der Waals surface area contributed by atoms with E-state index >= 15 is 0 Å². The zero-order valence-electron chi connectivity index (χ0n) is 9.99. The molecule has 0 aliphatic carbocycles. The molecule has 0 aliphatic rings. The summed E-state index contributed by atoms with van der Waals surface area (Å²) in [6.07, 6.45) is 0. The molecule has 1 aromatic rings. The fourth-order valence-corrected chi connectivity index (χ4v) is 1.34. The summed E-state index contributed by atoms with van der Waals surface area (Å²) in [4.78, 5) is 47.8. The van der Waals surface area contributed by atoms with Gasteiger partial charge in [-0.3, -0.25) is 14.6 Å². The summed E-state index contributed by atoms with van der Waals surface area (Å²) in [7, 11) is 0. The van der Waals surface area contributed by atoms with E-state index in [1.54, 1.807) is 4.98 Å². The standard InChI is InChI=1S/C9H10N2O6.K/c1-9(2,7(15)16)3-4(6(13)14)10-8(17)11-5(3)12;/h1-2H3,(H,13,14)(H,15,16)(H2,10,11,12,17);/q;+1/p-1. The molecule has 0 spiro atoms. The number of carbonyl (C=O) groups is 2. The molecular formula is C9H9KN2O6. The number of carbonyl (C=O) groups excluding carboxylic acids is 1. The second kappa shape index (κ2) is 5.93. The van der Waals surface area contributed by atoms with E-state index < -0.39 is 39.9 Å². The predicted molar refractivity (Wildman–Crippen MR) is 52.7 cm³/mol. The van der Waals surface area contributed by atoms with Gasteiger partial charge in [-0.25, -0.2) is 4.79 Å². The van der Waals surface area contributed by atoms with Crippen molar-refractivity contribution in [3.63, 3.8) is 0 Å². The van der Waals surface area contributed by atoms with Crippen LogP contribution in [0.1, 0.15) is 29.9 Å². The van der Waals surface area contributed by atoms with Gasteiger partial charge >= 0.3 is 63.0 Å². The monoisotopic (exact) mass is 280 g/mol. The summed E-state index contributed by atoms with van der Waals surface area (Å²) < 4.78 is 0. The first kappa shape index (κ1) is 17.3. The number of rotatable bonds is 3. The Morgan fingerprint density at radius 3 is 2.11 bits per heavy atom. The minimum atomic E-state index is -1.82. The first-order chi connectivity index (χ1) is 7.67. The normalized spacial score (nSPS) is 10.6. The molecule has 1 heterocycles. The molecule has 0 atom stereocenters. The minimum Gasteiger partial charge on any atom is -0.543 e. The summed E-state index contributed by atoms with van der Waals surface area (Å²) in [6, 6.07) is 0. The van der Waals surface area contributed by atoms with Gasteiger partial charge < -0.3 is 20.0 Å². The van der Waals surface area contributed by atoms with Crippen LogP contribution in [0.25, 0.3) is 0 Å². The van der Waals surface area contributed by atoms with Crippen molar-refractivity contribution >= 4 is 11.9 Å². The SMILES string of the molecule is CC(C)(C(=O)O)c1c(C(=O)[O-])[nH]c(=O)[nH]c1=O.[K+]. The largest absolute Gasteiger partial charge is 1.00 e. The van der Waals surface area contributed by atoms with E-state index in [1.807, 2.05) is 4.98 Å². The first-order valence-electron chi connectivity index (χ1n) is 4.49. The van der Waals surface area contributed by atoms with Crippen LogP contribution in [-0.2, 0) is 10.2 Å². The summed E-state index contributed by atoms with van der Waals surface area (Å²) in [5, 5.41) is 19.7. The van der Waals surface area contributed by atoms with E-state index in [2.05, 4.69) is 0 Å². The number of H-pyrrole nitrogens is 2.